The van der Waals surface area contributed by atoms with Gasteiger partial charge < -0.3 is 14.6 Å². The number of fused-ring (bicyclic) bond motifs is 1. The van der Waals surface area contributed by atoms with Crippen molar-refractivity contribution in [3.05, 3.63) is 36.0 Å². The quantitative estimate of drug-likeness (QED) is 0.882. The van der Waals surface area contributed by atoms with Gasteiger partial charge in [0.25, 0.3) is 0 Å². The number of ether oxygens (including phenoxy) is 1. The molecule has 0 saturated heterocycles. The molecule has 0 aliphatic carbocycles. The van der Waals surface area contributed by atoms with Gasteiger partial charge in [0.05, 0.1) is 12.7 Å². The van der Waals surface area contributed by atoms with Crippen molar-refractivity contribution in [3.8, 4) is 0 Å². The molecular formula is C16H20N2O3. The van der Waals surface area contributed by atoms with Gasteiger partial charge in [0.1, 0.15) is 6.54 Å². The van der Waals surface area contributed by atoms with Crippen molar-refractivity contribution >= 4 is 22.8 Å². The van der Waals surface area contributed by atoms with Gasteiger partial charge in [-0.25, -0.2) is 4.79 Å². The fourth-order valence-corrected chi connectivity index (χ4v) is 2.26. The zero-order valence-electron chi connectivity index (χ0n) is 12.8. The summed E-state index contributed by atoms with van der Waals surface area (Å²) in [4.78, 5) is 23.9. The van der Waals surface area contributed by atoms with Crippen LogP contribution in [0.5, 0.6) is 0 Å². The van der Waals surface area contributed by atoms with Crippen molar-refractivity contribution in [3.63, 3.8) is 0 Å². The lowest BCUT2D eigenvalue weighted by atomic mass is 10.1. The number of aromatic nitrogens is 1. The molecule has 1 aromatic heterocycles. The molecule has 2 rings (SSSR count). The van der Waals surface area contributed by atoms with Crippen molar-refractivity contribution < 1.29 is 14.3 Å². The second kappa shape index (κ2) is 5.60. The Kier molecular flexibility index (Phi) is 4.02. The number of amides is 1. The second-order valence-electron chi connectivity index (χ2n) is 5.98. The molecular weight excluding hydrogens is 268 g/mol. The van der Waals surface area contributed by atoms with E-state index in [0.717, 1.165) is 10.9 Å². The summed E-state index contributed by atoms with van der Waals surface area (Å²) in [6.07, 6.45) is 1.67. The summed E-state index contributed by atoms with van der Waals surface area (Å²) >= 11 is 0. The van der Waals surface area contributed by atoms with E-state index in [9.17, 15) is 9.59 Å². The number of carbonyl (C=O) groups excluding carboxylic acids is 2. The van der Waals surface area contributed by atoms with Crippen LogP contribution < -0.4 is 5.32 Å². The number of benzene rings is 1. The molecule has 21 heavy (non-hydrogen) atoms. The van der Waals surface area contributed by atoms with Crippen LogP contribution in [0.2, 0.25) is 0 Å². The molecule has 0 aliphatic rings. The van der Waals surface area contributed by atoms with Crippen LogP contribution >= 0.6 is 0 Å². The van der Waals surface area contributed by atoms with Gasteiger partial charge in [-0.3, -0.25) is 4.79 Å². The fraction of sp³-hybridized carbons (Fsp3) is 0.375. The Hall–Kier alpha value is -2.30. The number of nitrogens with one attached hydrogen (secondary N) is 1. The Bertz CT molecular complexity index is 680. The summed E-state index contributed by atoms with van der Waals surface area (Å²) in [5.41, 5.74) is 1.02. The van der Waals surface area contributed by atoms with E-state index in [4.69, 9.17) is 4.74 Å². The van der Waals surface area contributed by atoms with E-state index in [1.54, 1.807) is 10.8 Å². The molecule has 1 N–H and O–H groups in total. The van der Waals surface area contributed by atoms with Gasteiger partial charge in [-0.15, -0.1) is 0 Å². The second-order valence-corrected chi connectivity index (χ2v) is 5.98. The average molecular weight is 288 g/mol. The molecule has 0 radical (unpaired) electrons. The average Bonchev–Trinajstić information content (AvgIpc) is 2.75. The third-order valence-electron chi connectivity index (χ3n) is 3.02. The van der Waals surface area contributed by atoms with Crippen LogP contribution in [0, 0.1) is 0 Å². The summed E-state index contributed by atoms with van der Waals surface area (Å²) in [6, 6.07) is 7.46. The number of rotatable bonds is 3. The summed E-state index contributed by atoms with van der Waals surface area (Å²) in [5, 5.41) is 3.69. The molecule has 0 atom stereocenters. The number of carbonyl (C=O) groups is 2. The summed E-state index contributed by atoms with van der Waals surface area (Å²) in [5.74, 6) is -0.499. The SMILES string of the molecule is COC(=O)c1cn(CC(=O)NC(C)(C)C)c2ccccc12. The van der Waals surface area contributed by atoms with Crippen LogP contribution in [0.25, 0.3) is 10.9 Å². The topological polar surface area (TPSA) is 60.3 Å². The number of nitrogens with zero attached hydrogens (tertiary/aromatic N) is 1. The zero-order chi connectivity index (χ0) is 15.6. The predicted molar refractivity (Wildman–Crippen MR) is 81.2 cm³/mol. The minimum absolute atomic E-state index is 0.0975. The van der Waals surface area contributed by atoms with E-state index >= 15 is 0 Å². The van der Waals surface area contributed by atoms with Crippen molar-refractivity contribution in [1.29, 1.82) is 0 Å². The molecule has 5 nitrogen and oxygen atoms in total. The molecule has 5 heteroatoms. The zero-order valence-corrected chi connectivity index (χ0v) is 12.8. The van der Waals surface area contributed by atoms with Crippen molar-refractivity contribution in [2.45, 2.75) is 32.9 Å². The standard InChI is InChI=1S/C16H20N2O3/c1-16(2,3)17-14(19)10-18-9-12(15(20)21-4)11-7-5-6-8-13(11)18/h5-9H,10H2,1-4H3,(H,17,19). The molecule has 112 valence electrons. The van der Waals surface area contributed by atoms with E-state index in [-0.39, 0.29) is 18.0 Å². The molecule has 0 fully saturated rings. The summed E-state index contributed by atoms with van der Waals surface area (Å²) in [7, 11) is 1.35. The van der Waals surface area contributed by atoms with Crippen LogP contribution in [0.15, 0.2) is 30.5 Å². The Balaban J connectivity index is 2.36. The molecule has 0 aliphatic heterocycles. The molecule has 1 amide bonds. The normalized spacial score (nSPS) is 11.4. The van der Waals surface area contributed by atoms with Gasteiger partial charge in [-0.1, -0.05) is 18.2 Å². The number of hydrogen-bond donors (Lipinski definition) is 1. The summed E-state index contributed by atoms with van der Waals surface area (Å²) in [6.45, 7) is 5.95. The van der Waals surface area contributed by atoms with E-state index in [0.29, 0.717) is 5.56 Å². The first kappa shape index (κ1) is 15.1. The molecule has 1 aromatic carbocycles. The van der Waals surface area contributed by atoms with Crippen LogP contribution in [0.1, 0.15) is 31.1 Å². The third kappa shape index (κ3) is 3.42. The maximum absolute atomic E-state index is 12.1. The lowest BCUT2D eigenvalue weighted by molar-refractivity contribution is -0.123. The van der Waals surface area contributed by atoms with Crippen LogP contribution in [-0.2, 0) is 16.1 Å². The number of esters is 1. The smallest absolute Gasteiger partial charge is 0.340 e. The lowest BCUT2D eigenvalue weighted by Gasteiger charge is -2.20. The minimum Gasteiger partial charge on any atom is -0.465 e. The van der Waals surface area contributed by atoms with Gasteiger partial charge in [0.2, 0.25) is 5.91 Å². The maximum atomic E-state index is 12.1. The minimum atomic E-state index is -0.402. The number of para-hydroxylation sites is 1. The van der Waals surface area contributed by atoms with Gasteiger partial charge >= 0.3 is 5.97 Å². The summed E-state index contributed by atoms with van der Waals surface area (Å²) < 4.78 is 6.56. The van der Waals surface area contributed by atoms with Gasteiger partial charge in [0, 0.05) is 22.6 Å². The molecule has 2 aromatic rings. The fourth-order valence-electron chi connectivity index (χ4n) is 2.26. The first-order valence-electron chi connectivity index (χ1n) is 6.79. The molecule has 0 spiro atoms. The highest BCUT2D eigenvalue weighted by Crippen LogP contribution is 2.22. The first-order chi connectivity index (χ1) is 9.81. The van der Waals surface area contributed by atoms with Gasteiger partial charge in [-0.05, 0) is 26.8 Å². The lowest BCUT2D eigenvalue weighted by Crippen LogP contribution is -2.42. The van der Waals surface area contributed by atoms with E-state index in [2.05, 4.69) is 5.32 Å². The monoisotopic (exact) mass is 288 g/mol. The number of hydrogen-bond acceptors (Lipinski definition) is 3. The Labute approximate surface area is 123 Å². The highest BCUT2D eigenvalue weighted by atomic mass is 16.5. The molecule has 0 saturated carbocycles. The van der Waals surface area contributed by atoms with E-state index in [1.165, 1.54) is 7.11 Å². The van der Waals surface area contributed by atoms with E-state index < -0.39 is 5.97 Å². The van der Waals surface area contributed by atoms with Crippen LogP contribution in [0.4, 0.5) is 0 Å². The highest BCUT2D eigenvalue weighted by Gasteiger charge is 2.18. The number of methoxy groups -OCH3 is 1. The molecule has 0 unspecified atom stereocenters. The third-order valence-corrected chi connectivity index (χ3v) is 3.02. The van der Waals surface area contributed by atoms with Crippen LogP contribution in [-0.4, -0.2) is 29.1 Å². The maximum Gasteiger partial charge on any atom is 0.340 e. The van der Waals surface area contributed by atoms with Crippen molar-refractivity contribution in [1.82, 2.24) is 9.88 Å². The predicted octanol–water partition coefficient (Wildman–Crippen LogP) is 2.34. The Morgan fingerprint density at radius 3 is 2.52 bits per heavy atom. The highest BCUT2D eigenvalue weighted by molar-refractivity contribution is 6.04. The Morgan fingerprint density at radius 1 is 1.24 bits per heavy atom. The van der Waals surface area contributed by atoms with Crippen molar-refractivity contribution in [2.24, 2.45) is 0 Å². The van der Waals surface area contributed by atoms with Crippen molar-refractivity contribution in [2.75, 3.05) is 7.11 Å². The van der Waals surface area contributed by atoms with Gasteiger partial charge in [-0.2, -0.15) is 0 Å². The largest absolute Gasteiger partial charge is 0.465 e. The van der Waals surface area contributed by atoms with Gasteiger partial charge in [0.15, 0.2) is 0 Å². The Morgan fingerprint density at radius 2 is 1.90 bits per heavy atom. The first-order valence-corrected chi connectivity index (χ1v) is 6.79. The van der Waals surface area contributed by atoms with Crippen LogP contribution in [0.3, 0.4) is 0 Å². The molecule has 0 bridgehead atoms. The van der Waals surface area contributed by atoms with E-state index in [1.807, 2.05) is 45.0 Å². The molecule has 1 heterocycles.